The predicted molar refractivity (Wildman–Crippen MR) is 142 cm³/mol. The van der Waals surface area contributed by atoms with Gasteiger partial charge in [-0.3, -0.25) is 9.59 Å². The maximum atomic E-state index is 14.7. The van der Waals surface area contributed by atoms with Gasteiger partial charge in [-0.25, -0.2) is 4.39 Å². The number of hydrogen-bond acceptors (Lipinski definition) is 8. The Kier molecular flexibility index (Phi) is 9.01. The fourth-order valence-electron chi connectivity index (χ4n) is 4.31. The fraction of sp³-hybridized carbons (Fsp3) is 0.500. The van der Waals surface area contributed by atoms with Crippen molar-refractivity contribution in [1.82, 2.24) is 25.3 Å². The summed E-state index contributed by atoms with van der Waals surface area (Å²) in [7, 11) is 0. The maximum absolute atomic E-state index is 14.7. The number of carbonyl (C=O) groups excluding carboxylic acids is 2. The van der Waals surface area contributed by atoms with E-state index >= 15 is 0 Å². The van der Waals surface area contributed by atoms with Gasteiger partial charge in [-0.15, -0.1) is 0 Å². The number of carbonyl (C=O) groups is 2. The molecule has 0 bridgehead atoms. The molecule has 0 aliphatic carbocycles. The zero-order valence-electron chi connectivity index (χ0n) is 22.9. The molecule has 1 N–H and O–H groups in total. The standard InChI is InChI=1S/C28H36FN5O5/c1-19(30-25(35)23-8-5-16-38-23)26(36)34-13-6-11-33(14-15-34)12-7-17-37-20-9-10-21(22(29)18-20)24-31-27(39-32-24)28(2,3)4/h5,8-10,16,18-19H,6-7,11-15,17H2,1-4H3,(H,30,35)/t19-/m0/s1. The first-order valence-electron chi connectivity index (χ1n) is 13.2. The van der Waals surface area contributed by atoms with E-state index in [-0.39, 0.29) is 28.5 Å². The SMILES string of the molecule is C[C@H](NC(=O)c1ccco1)C(=O)N1CCCN(CCCOc2ccc(-c3noc(C(C)(C)C)n3)c(F)c2)CC1. The largest absolute Gasteiger partial charge is 0.493 e. The molecule has 2 amide bonds. The number of halogens is 1. The van der Waals surface area contributed by atoms with E-state index in [4.69, 9.17) is 13.7 Å². The molecule has 3 aromatic rings. The second kappa shape index (κ2) is 12.4. The number of ether oxygens (including phenoxy) is 1. The van der Waals surface area contributed by atoms with E-state index in [2.05, 4.69) is 20.4 Å². The molecule has 0 spiro atoms. The predicted octanol–water partition coefficient (Wildman–Crippen LogP) is 3.89. The van der Waals surface area contributed by atoms with Crippen LogP contribution in [-0.4, -0.2) is 77.1 Å². The van der Waals surface area contributed by atoms with Gasteiger partial charge in [0.1, 0.15) is 17.6 Å². The highest BCUT2D eigenvalue weighted by Crippen LogP contribution is 2.27. The van der Waals surface area contributed by atoms with Crippen molar-refractivity contribution in [1.29, 1.82) is 0 Å². The Hall–Kier alpha value is -3.73. The Labute approximate surface area is 227 Å². The molecule has 3 heterocycles. The number of hydrogen-bond donors (Lipinski definition) is 1. The van der Waals surface area contributed by atoms with Crippen LogP contribution >= 0.6 is 0 Å². The van der Waals surface area contributed by atoms with Crippen molar-refractivity contribution in [2.75, 3.05) is 39.3 Å². The molecule has 2 aromatic heterocycles. The van der Waals surface area contributed by atoms with Gasteiger partial charge < -0.3 is 28.8 Å². The Morgan fingerprint density at radius 1 is 1.18 bits per heavy atom. The van der Waals surface area contributed by atoms with E-state index in [1.807, 2.05) is 20.8 Å². The number of amides is 2. The number of nitrogens with zero attached hydrogens (tertiary/aromatic N) is 4. The number of rotatable bonds is 9. The summed E-state index contributed by atoms with van der Waals surface area (Å²) in [6.45, 7) is 11.6. The first-order valence-corrected chi connectivity index (χ1v) is 13.2. The molecule has 4 rings (SSSR count). The quantitative estimate of drug-likeness (QED) is 0.406. The molecule has 10 nitrogen and oxygen atoms in total. The first kappa shape index (κ1) is 28.3. The minimum Gasteiger partial charge on any atom is -0.493 e. The first-order chi connectivity index (χ1) is 18.6. The highest BCUT2D eigenvalue weighted by Gasteiger charge is 2.26. The molecule has 1 aromatic carbocycles. The lowest BCUT2D eigenvalue weighted by molar-refractivity contribution is -0.132. The van der Waals surface area contributed by atoms with Crippen molar-refractivity contribution in [3.05, 3.63) is 54.1 Å². The van der Waals surface area contributed by atoms with Crippen molar-refractivity contribution in [2.45, 2.75) is 52.0 Å². The van der Waals surface area contributed by atoms with Crippen molar-refractivity contribution in [2.24, 2.45) is 0 Å². The summed E-state index contributed by atoms with van der Waals surface area (Å²) in [6, 6.07) is 7.18. The van der Waals surface area contributed by atoms with Crippen molar-refractivity contribution < 1.29 is 27.7 Å². The summed E-state index contributed by atoms with van der Waals surface area (Å²) in [5.74, 6) is 0.294. The maximum Gasteiger partial charge on any atom is 0.287 e. The zero-order chi connectivity index (χ0) is 28.0. The van der Waals surface area contributed by atoms with Crippen LogP contribution in [0.1, 0.15) is 57.0 Å². The Morgan fingerprint density at radius 3 is 2.69 bits per heavy atom. The molecule has 11 heteroatoms. The highest BCUT2D eigenvalue weighted by atomic mass is 19.1. The van der Waals surface area contributed by atoms with Crippen molar-refractivity contribution in [3.8, 4) is 17.1 Å². The van der Waals surface area contributed by atoms with Gasteiger partial charge in [0.15, 0.2) is 5.76 Å². The third-order valence-electron chi connectivity index (χ3n) is 6.50. The molecule has 1 aliphatic rings. The molecule has 0 saturated carbocycles. The van der Waals surface area contributed by atoms with Gasteiger partial charge >= 0.3 is 0 Å². The van der Waals surface area contributed by atoms with E-state index in [0.717, 1.165) is 32.5 Å². The Bertz CT molecular complexity index is 1250. The molecular weight excluding hydrogens is 505 g/mol. The van der Waals surface area contributed by atoms with E-state index in [9.17, 15) is 14.0 Å². The lowest BCUT2D eigenvalue weighted by Gasteiger charge is -2.25. The average Bonchev–Trinajstić information content (AvgIpc) is 3.56. The number of furan rings is 1. The van der Waals surface area contributed by atoms with Crippen LogP contribution in [0.5, 0.6) is 5.75 Å². The number of nitrogens with one attached hydrogen (secondary N) is 1. The summed E-state index contributed by atoms with van der Waals surface area (Å²) >= 11 is 0. The smallest absolute Gasteiger partial charge is 0.287 e. The van der Waals surface area contributed by atoms with Gasteiger partial charge in [-0.1, -0.05) is 25.9 Å². The molecule has 0 radical (unpaired) electrons. The summed E-state index contributed by atoms with van der Waals surface area (Å²) in [5, 5.41) is 6.61. The topological polar surface area (TPSA) is 114 Å². The van der Waals surface area contributed by atoms with E-state index in [1.54, 1.807) is 36.1 Å². The number of benzene rings is 1. The van der Waals surface area contributed by atoms with E-state index in [0.29, 0.717) is 31.3 Å². The summed E-state index contributed by atoms with van der Waals surface area (Å²) in [5.41, 5.74) is -0.0527. The zero-order valence-corrected chi connectivity index (χ0v) is 22.9. The summed E-state index contributed by atoms with van der Waals surface area (Å²) in [6.07, 6.45) is 3.02. The van der Waals surface area contributed by atoms with Crippen molar-refractivity contribution in [3.63, 3.8) is 0 Å². The molecule has 1 fully saturated rings. The molecule has 1 atom stereocenters. The lowest BCUT2D eigenvalue weighted by atomic mass is 9.97. The van der Waals surface area contributed by atoms with E-state index < -0.39 is 17.8 Å². The summed E-state index contributed by atoms with van der Waals surface area (Å²) in [4.78, 5) is 33.4. The fourth-order valence-corrected chi connectivity index (χ4v) is 4.31. The van der Waals surface area contributed by atoms with Crippen LogP contribution in [0.3, 0.4) is 0 Å². The van der Waals surface area contributed by atoms with Crippen molar-refractivity contribution >= 4 is 11.8 Å². The second-order valence-electron chi connectivity index (χ2n) is 10.7. The van der Waals surface area contributed by atoms with E-state index in [1.165, 1.54) is 12.3 Å². The van der Waals surface area contributed by atoms with Gasteiger partial charge in [-0.2, -0.15) is 4.98 Å². The molecule has 39 heavy (non-hydrogen) atoms. The second-order valence-corrected chi connectivity index (χ2v) is 10.7. The van der Waals surface area contributed by atoms with Gasteiger partial charge in [0, 0.05) is 37.7 Å². The Morgan fingerprint density at radius 2 is 2.00 bits per heavy atom. The van der Waals surface area contributed by atoms with Crippen LogP contribution in [0.15, 0.2) is 45.5 Å². The van der Waals surface area contributed by atoms with Gasteiger partial charge in [0.25, 0.3) is 5.91 Å². The third kappa shape index (κ3) is 7.44. The molecule has 1 saturated heterocycles. The lowest BCUT2D eigenvalue weighted by Crippen LogP contribution is -2.48. The van der Waals surface area contributed by atoms with Gasteiger partial charge in [0.05, 0.1) is 18.4 Å². The average molecular weight is 542 g/mol. The van der Waals surface area contributed by atoms with Crippen LogP contribution in [0.25, 0.3) is 11.4 Å². The molecule has 210 valence electrons. The van der Waals surface area contributed by atoms with Crippen LogP contribution < -0.4 is 10.1 Å². The highest BCUT2D eigenvalue weighted by molar-refractivity contribution is 5.95. The normalized spacial score (nSPS) is 15.6. The number of aromatic nitrogens is 2. The summed E-state index contributed by atoms with van der Waals surface area (Å²) < 4.78 is 30.9. The van der Waals surface area contributed by atoms with Crippen LogP contribution in [0.4, 0.5) is 4.39 Å². The minimum atomic E-state index is -0.644. The molecular formula is C28H36FN5O5. The molecule has 0 unspecified atom stereocenters. The van der Waals surface area contributed by atoms with Gasteiger partial charge in [-0.05, 0) is 50.6 Å². The van der Waals surface area contributed by atoms with Gasteiger partial charge in [0.2, 0.25) is 17.6 Å². The van der Waals surface area contributed by atoms with Crippen LogP contribution in [0.2, 0.25) is 0 Å². The monoisotopic (exact) mass is 541 g/mol. The molecule has 1 aliphatic heterocycles. The Balaban J connectivity index is 1.19. The minimum absolute atomic E-state index is 0.110. The third-order valence-corrected chi connectivity index (χ3v) is 6.50. The van der Waals surface area contributed by atoms with Crippen LogP contribution in [0, 0.1) is 5.82 Å². The van der Waals surface area contributed by atoms with Crippen LogP contribution in [-0.2, 0) is 10.2 Å².